The molecular weight excluding hydrogens is 302 g/mol. The van der Waals surface area contributed by atoms with Crippen molar-refractivity contribution in [1.29, 1.82) is 0 Å². The van der Waals surface area contributed by atoms with Gasteiger partial charge in [0.25, 0.3) is 0 Å². The summed E-state index contributed by atoms with van der Waals surface area (Å²) in [4.78, 5) is 35.1. The standard InChI is InChI=1S/C16H21NO4S/c1-3-14(18)12-7-5-4-6-11(12)10-15(19)17-13(16(20)21)8-9-22-2/h4-7,13H,3,8-10H2,1-2H3,(H,17,19)(H,20,21). The summed E-state index contributed by atoms with van der Waals surface area (Å²) in [7, 11) is 0. The predicted octanol–water partition coefficient (Wildman–Crippen LogP) is 2.14. The minimum Gasteiger partial charge on any atom is -0.480 e. The van der Waals surface area contributed by atoms with Gasteiger partial charge in [0.2, 0.25) is 5.91 Å². The SMILES string of the molecule is CCC(=O)c1ccccc1CC(=O)NC(CCSC)C(=O)O. The van der Waals surface area contributed by atoms with Crippen LogP contribution in [0.1, 0.15) is 35.7 Å². The van der Waals surface area contributed by atoms with Crippen LogP contribution in [0.3, 0.4) is 0 Å². The maximum Gasteiger partial charge on any atom is 0.326 e. The van der Waals surface area contributed by atoms with Gasteiger partial charge in [0, 0.05) is 12.0 Å². The second-order valence-electron chi connectivity index (χ2n) is 4.85. The van der Waals surface area contributed by atoms with Crippen LogP contribution in [0.5, 0.6) is 0 Å². The van der Waals surface area contributed by atoms with Gasteiger partial charge in [-0.2, -0.15) is 11.8 Å². The lowest BCUT2D eigenvalue weighted by atomic mass is 9.99. The highest BCUT2D eigenvalue weighted by Crippen LogP contribution is 2.12. The third-order valence-electron chi connectivity index (χ3n) is 3.23. The van der Waals surface area contributed by atoms with Crippen LogP contribution in [0, 0.1) is 0 Å². The molecule has 22 heavy (non-hydrogen) atoms. The zero-order valence-electron chi connectivity index (χ0n) is 12.8. The number of thioether (sulfide) groups is 1. The lowest BCUT2D eigenvalue weighted by Gasteiger charge is -2.14. The van der Waals surface area contributed by atoms with Crippen LogP contribution in [0.25, 0.3) is 0 Å². The molecule has 1 aromatic rings. The summed E-state index contributed by atoms with van der Waals surface area (Å²) in [6, 6.07) is 6.03. The Morgan fingerprint density at radius 3 is 2.55 bits per heavy atom. The third-order valence-corrected chi connectivity index (χ3v) is 3.88. The summed E-state index contributed by atoms with van der Waals surface area (Å²) < 4.78 is 0. The van der Waals surface area contributed by atoms with E-state index in [1.807, 2.05) is 6.26 Å². The van der Waals surface area contributed by atoms with E-state index in [0.29, 0.717) is 29.7 Å². The normalized spacial score (nSPS) is 11.7. The van der Waals surface area contributed by atoms with Crippen molar-refractivity contribution in [3.8, 4) is 0 Å². The van der Waals surface area contributed by atoms with E-state index in [1.54, 1.807) is 31.2 Å². The van der Waals surface area contributed by atoms with Crippen LogP contribution in [-0.4, -0.2) is 40.8 Å². The average molecular weight is 323 g/mol. The molecule has 0 aliphatic rings. The molecule has 1 atom stereocenters. The van der Waals surface area contributed by atoms with E-state index >= 15 is 0 Å². The van der Waals surface area contributed by atoms with Gasteiger partial charge >= 0.3 is 5.97 Å². The fourth-order valence-corrected chi connectivity index (χ4v) is 2.52. The van der Waals surface area contributed by atoms with E-state index in [-0.39, 0.29) is 18.1 Å². The number of ketones is 1. The summed E-state index contributed by atoms with van der Waals surface area (Å²) in [5, 5.41) is 11.6. The Labute approximate surface area is 134 Å². The number of rotatable bonds is 9. The molecule has 1 amide bonds. The molecule has 0 fully saturated rings. The molecule has 0 spiro atoms. The Bertz CT molecular complexity index is 545. The van der Waals surface area contributed by atoms with Crippen molar-refractivity contribution in [2.75, 3.05) is 12.0 Å². The fraction of sp³-hybridized carbons (Fsp3) is 0.438. The van der Waals surface area contributed by atoms with Gasteiger partial charge in [0.1, 0.15) is 6.04 Å². The van der Waals surface area contributed by atoms with Crippen LogP contribution in [0.4, 0.5) is 0 Å². The smallest absolute Gasteiger partial charge is 0.326 e. The lowest BCUT2D eigenvalue weighted by Crippen LogP contribution is -2.42. The number of carboxylic acids is 1. The number of hydrogen-bond acceptors (Lipinski definition) is 4. The second-order valence-corrected chi connectivity index (χ2v) is 5.84. The van der Waals surface area contributed by atoms with Gasteiger partial charge in [-0.05, 0) is 24.0 Å². The minimum atomic E-state index is -1.04. The van der Waals surface area contributed by atoms with E-state index in [2.05, 4.69) is 5.32 Å². The number of carboxylic acid groups (broad SMARTS) is 1. The number of hydrogen-bond donors (Lipinski definition) is 2. The number of amides is 1. The van der Waals surface area contributed by atoms with E-state index in [4.69, 9.17) is 5.11 Å². The molecule has 0 saturated heterocycles. The number of aliphatic carboxylic acids is 1. The highest BCUT2D eigenvalue weighted by Gasteiger charge is 2.20. The average Bonchev–Trinajstić information content (AvgIpc) is 2.50. The Kier molecular flexibility index (Phi) is 7.66. The number of carbonyl (C=O) groups excluding carboxylic acids is 2. The molecule has 2 N–H and O–H groups in total. The molecule has 0 aliphatic heterocycles. The predicted molar refractivity (Wildman–Crippen MR) is 87.3 cm³/mol. The molecule has 0 heterocycles. The zero-order valence-corrected chi connectivity index (χ0v) is 13.6. The van der Waals surface area contributed by atoms with Gasteiger partial charge in [-0.1, -0.05) is 31.2 Å². The molecule has 1 unspecified atom stereocenters. The van der Waals surface area contributed by atoms with E-state index in [0.717, 1.165) is 0 Å². The van der Waals surface area contributed by atoms with E-state index in [9.17, 15) is 14.4 Å². The van der Waals surface area contributed by atoms with Crippen LogP contribution in [0.2, 0.25) is 0 Å². The quantitative estimate of drug-likeness (QED) is 0.680. The van der Waals surface area contributed by atoms with Gasteiger partial charge in [-0.15, -0.1) is 0 Å². The second kappa shape index (κ2) is 9.25. The van der Waals surface area contributed by atoms with Gasteiger partial charge in [0.05, 0.1) is 6.42 Å². The van der Waals surface area contributed by atoms with Crippen molar-refractivity contribution in [2.24, 2.45) is 0 Å². The van der Waals surface area contributed by atoms with Gasteiger partial charge in [-0.3, -0.25) is 9.59 Å². The molecule has 6 heteroatoms. The highest BCUT2D eigenvalue weighted by molar-refractivity contribution is 7.98. The summed E-state index contributed by atoms with van der Waals surface area (Å²) in [6.07, 6.45) is 2.63. The van der Waals surface area contributed by atoms with Gasteiger partial charge < -0.3 is 10.4 Å². The molecule has 0 radical (unpaired) electrons. The molecule has 0 aromatic heterocycles. The van der Waals surface area contributed by atoms with Crippen LogP contribution >= 0.6 is 11.8 Å². The number of benzene rings is 1. The number of nitrogens with one attached hydrogen (secondary N) is 1. The molecule has 0 saturated carbocycles. The van der Waals surface area contributed by atoms with Crippen molar-refractivity contribution in [3.05, 3.63) is 35.4 Å². The van der Waals surface area contributed by atoms with Gasteiger partial charge in [0.15, 0.2) is 5.78 Å². The van der Waals surface area contributed by atoms with Crippen molar-refractivity contribution in [2.45, 2.75) is 32.2 Å². The van der Waals surface area contributed by atoms with Crippen molar-refractivity contribution in [1.82, 2.24) is 5.32 Å². The first kappa shape index (κ1) is 18.2. The number of carbonyl (C=O) groups is 3. The van der Waals surface area contributed by atoms with Crippen molar-refractivity contribution in [3.63, 3.8) is 0 Å². The first-order valence-corrected chi connectivity index (χ1v) is 8.51. The molecule has 5 nitrogen and oxygen atoms in total. The van der Waals surface area contributed by atoms with Crippen LogP contribution in [-0.2, 0) is 16.0 Å². The first-order valence-electron chi connectivity index (χ1n) is 7.11. The maximum atomic E-state index is 12.1. The van der Waals surface area contributed by atoms with Crippen molar-refractivity contribution >= 4 is 29.4 Å². The Morgan fingerprint density at radius 2 is 1.95 bits per heavy atom. The zero-order chi connectivity index (χ0) is 16.5. The third kappa shape index (κ3) is 5.52. The first-order chi connectivity index (χ1) is 10.5. The van der Waals surface area contributed by atoms with E-state index in [1.165, 1.54) is 11.8 Å². The molecule has 0 bridgehead atoms. The van der Waals surface area contributed by atoms with Crippen LogP contribution in [0.15, 0.2) is 24.3 Å². The summed E-state index contributed by atoms with van der Waals surface area (Å²) >= 11 is 1.53. The Hall–Kier alpha value is -1.82. The summed E-state index contributed by atoms with van der Waals surface area (Å²) in [5.41, 5.74) is 1.15. The maximum absolute atomic E-state index is 12.1. The molecule has 1 rings (SSSR count). The van der Waals surface area contributed by atoms with E-state index < -0.39 is 12.0 Å². The van der Waals surface area contributed by atoms with Gasteiger partial charge in [-0.25, -0.2) is 4.79 Å². The Balaban J connectivity index is 2.76. The van der Waals surface area contributed by atoms with Crippen LogP contribution < -0.4 is 5.32 Å². The number of Topliss-reactive ketones (excluding diaryl/α,β-unsaturated/α-hetero) is 1. The monoisotopic (exact) mass is 323 g/mol. The molecule has 0 aliphatic carbocycles. The summed E-state index contributed by atoms with van der Waals surface area (Å²) in [6.45, 7) is 1.77. The highest BCUT2D eigenvalue weighted by atomic mass is 32.2. The van der Waals surface area contributed by atoms with Crippen molar-refractivity contribution < 1.29 is 19.5 Å². The largest absolute Gasteiger partial charge is 0.480 e. The molecule has 1 aromatic carbocycles. The molecule has 120 valence electrons. The minimum absolute atomic E-state index is 0.00492. The Morgan fingerprint density at radius 1 is 1.27 bits per heavy atom. The lowest BCUT2D eigenvalue weighted by molar-refractivity contribution is -0.141. The molecular formula is C16H21NO4S. The summed E-state index contributed by atoms with van der Waals surface area (Å²) in [5.74, 6) is -0.798. The topological polar surface area (TPSA) is 83.5 Å². The fourth-order valence-electron chi connectivity index (χ4n) is 2.05.